The Morgan fingerprint density at radius 2 is 0.964 bits per heavy atom. The highest BCUT2D eigenvalue weighted by Gasteiger charge is 2.19. The van der Waals surface area contributed by atoms with Gasteiger partial charge < -0.3 is 8.83 Å². The number of para-hydroxylation sites is 2. The van der Waals surface area contributed by atoms with Gasteiger partial charge in [0.05, 0.1) is 11.4 Å². The number of rotatable bonds is 6. The number of aromatic nitrogens is 3. The van der Waals surface area contributed by atoms with E-state index in [4.69, 9.17) is 18.8 Å². The van der Waals surface area contributed by atoms with Crippen LogP contribution in [0.15, 0.2) is 197 Å². The molecule has 5 heteroatoms. The molecule has 0 saturated heterocycles. The molecule has 0 saturated carbocycles. The fourth-order valence-electron chi connectivity index (χ4n) is 7.93. The summed E-state index contributed by atoms with van der Waals surface area (Å²) in [5.74, 6) is 0.658. The van der Waals surface area contributed by atoms with Crippen molar-refractivity contribution in [3.05, 3.63) is 188 Å². The predicted molar refractivity (Wildman–Crippen MR) is 227 cm³/mol. The Hall–Kier alpha value is -7.63. The van der Waals surface area contributed by atoms with E-state index in [0.29, 0.717) is 5.82 Å². The molecule has 0 unspecified atom stereocenters. The normalized spacial score (nSPS) is 11.6. The molecule has 0 N–H and O–H groups in total. The van der Waals surface area contributed by atoms with Gasteiger partial charge in [0.25, 0.3) is 0 Å². The van der Waals surface area contributed by atoms with Crippen molar-refractivity contribution in [2.75, 3.05) is 0 Å². The van der Waals surface area contributed by atoms with Gasteiger partial charge in [-0.2, -0.15) is 0 Å². The van der Waals surface area contributed by atoms with Gasteiger partial charge in [-0.3, -0.25) is 4.98 Å². The van der Waals surface area contributed by atoms with E-state index >= 15 is 0 Å². The Morgan fingerprint density at radius 1 is 0.357 bits per heavy atom. The smallest absolute Gasteiger partial charge is 0.161 e. The second-order valence-corrected chi connectivity index (χ2v) is 14.0. The summed E-state index contributed by atoms with van der Waals surface area (Å²) in [4.78, 5) is 14.7. The second-order valence-electron chi connectivity index (χ2n) is 14.0. The molecular formula is C51H31N3O2. The minimum absolute atomic E-state index is 0.658. The SMILES string of the molecule is c1ccc(-c2cc(-c3ccc(-c4ccc(-c5ccc6oc7ccccc7c6c5)c5c4oc4ccccc45)cc3)nc(-c3ccccc3-c3cccnc3)n2)cc1. The van der Waals surface area contributed by atoms with Crippen LogP contribution < -0.4 is 0 Å². The lowest BCUT2D eigenvalue weighted by Crippen LogP contribution is -1.97. The number of furan rings is 2. The van der Waals surface area contributed by atoms with E-state index in [-0.39, 0.29) is 0 Å². The zero-order valence-corrected chi connectivity index (χ0v) is 30.1. The lowest BCUT2D eigenvalue weighted by molar-refractivity contribution is 0.669. The van der Waals surface area contributed by atoms with Crippen LogP contribution in [0.3, 0.4) is 0 Å². The third-order valence-electron chi connectivity index (χ3n) is 10.6. The highest BCUT2D eigenvalue weighted by atomic mass is 16.3. The number of pyridine rings is 1. The molecule has 262 valence electrons. The van der Waals surface area contributed by atoms with Gasteiger partial charge in [-0.15, -0.1) is 0 Å². The fraction of sp³-hybridized carbons (Fsp3) is 0. The monoisotopic (exact) mass is 717 g/mol. The van der Waals surface area contributed by atoms with Gasteiger partial charge in [0.1, 0.15) is 22.3 Å². The van der Waals surface area contributed by atoms with Gasteiger partial charge in [0.15, 0.2) is 5.82 Å². The number of nitrogens with zero attached hydrogens (tertiary/aromatic N) is 3. The average Bonchev–Trinajstić information content (AvgIpc) is 3.85. The van der Waals surface area contributed by atoms with Gasteiger partial charge >= 0.3 is 0 Å². The topological polar surface area (TPSA) is 65.0 Å². The van der Waals surface area contributed by atoms with Crippen LogP contribution in [0.25, 0.3) is 111 Å². The average molecular weight is 718 g/mol. The Balaban J connectivity index is 1.03. The van der Waals surface area contributed by atoms with Crippen LogP contribution in [0.1, 0.15) is 0 Å². The standard InChI is InChI=1S/C51H31N3O2/c1-2-11-33(12-3-1)44-30-45(54-51(53-44)41-16-5-4-14-37(41)36-13-10-28-52-31-36)34-22-20-32(21-23-34)39-26-25-38(49-42-17-7-9-19-47(42)56-50(39)49)35-24-27-48-43(29-35)40-15-6-8-18-46(40)55-48/h1-31H. The summed E-state index contributed by atoms with van der Waals surface area (Å²) < 4.78 is 12.8. The quantitative estimate of drug-likeness (QED) is 0.171. The number of hydrogen-bond donors (Lipinski definition) is 0. The van der Waals surface area contributed by atoms with Crippen molar-refractivity contribution in [2.24, 2.45) is 0 Å². The minimum atomic E-state index is 0.658. The maximum atomic E-state index is 6.69. The van der Waals surface area contributed by atoms with Gasteiger partial charge in [-0.25, -0.2) is 9.97 Å². The van der Waals surface area contributed by atoms with Gasteiger partial charge in [0, 0.05) is 61.8 Å². The summed E-state index contributed by atoms with van der Waals surface area (Å²) in [5.41, 5.74) is 14.5. The molecule has 0 amide bonds. The van der Waals surface area contributed by atoms with E-state index in [1.165, 1.54) is 0 Å². The van der Waals surface area contributed by atoms with E-state index in [0.717, 1.165) is 105 Å². The van der Waals surface area contributed by atoms with Crippen molar-refractivity contribution >= 4 is 43.9 Å². The number of fused-ring (bicyclic) bond motifs is 6. The molecule has 4 heterocycles. The van der Waals surface area contributed by atoms with Gasteiger partial charge in [-0.1, -0.05) is 133 Å². The zero-order valence-electron chi connectivity index (χ0n) is 30.1. The van der Waals surface area contributed by atoms with Crippen LogP contribution in [0.2, 0.25) is 0 Å². The summed E-state index contributed by atoms with van der Waals surface area (Å²) in [5, 5.41) is 4.39. The first kappa shape index (κ1) is 31.9. The molecule has 0 fully saturated rings. The summed E-state index contributed by atoms with van der Waals surface area (Å²) in [6.07, 6.45) is 3.67. The lowest BCUT2D eigenvalue weighted by atomic mass is 9.93. The third-order valence-corrected chi connectivity index (χ3v) is 10.6. The Labute approximate surface area is 322 Å². The van der Waals surface area contributed by atoms with Crippen LogP contribution in [0.4, 0.5) is 0 Å². The number of benzene rings is 7. The minimum Gasteiger partial charge on any atom is -0.456 e. The molecular weight excluding hydrogens is 687 g/mol. The summed E-state index contributed by atoms with van der Waals surface area (Å²) in [7, 11) is 0. The molecule has 11 aromatic rings. The maximum Gasteiger partial charge on any atom is 0.161 e. The highest BCUT2D eigenvalue weighted by molar-refractivity contribution is 6.17. The van der Waals surface area contributed by atoms with Gasteiger partial charge in [0.2, 0.25) is 0 Å². The lowest BCUT2D eigenvalue weighted by Gasteiger charge is -2.13. The summed E-state index contributed by atoms with van der Waals surface area (Å²) >= 11 is 0. The molecule has 0 aliphatic rings. The first-order chi connectivity index (χ1) is 27.7. The molecule has 56 heavy (non-hydrogen) atoms. The van der Waals surface area contributed by atoms with E-state index < -0.39 is 0 Å². The Bertz CT molecular complexity index is 3240. The molecule has 11 rings (SSSR count). The number of hydrogen-bond acceptors (Lipinski definition) is 5. The van der Waals surface area contributed by atoms with Crippen molar-refractivity contribution in [1.82, 2.24) is 15.0 Å². The Morgan fingerprint density at radius 3 is 1.75 bits per heavy atom. The summed E-state index contributed by atoms with van der Waals surface area (Å²) in [6, 6.07) is 60.6. The predicted octanol–water partition coefficient (Wildman–Crippen LogP) is 13.7. The van der Waals surface area contributed by atoms with Crippen molar-refractivity contribution in [1.29, 1.82) is 0 Å². The molecule has 0 aliphatic heterocycles. The van der Waals surface area contributed by atoms with Crippen LogP contribution in [-0.2, 0) is 0 Å². The largest absolute Gasteiger partial charge is 0.456 e. The van der Waals surface area contributed by atoms with Crippen molar-refractivity contribution in [2.45, 2.75) is 0 Å². The van der Waals surface area contributed by atoms with Crippen molar-refractivity contribution in [3.8, 4) is 67.3 Å². The van der Waals surface area contributed by atoms with Crippen LogP contribution >= 0.6 is 0 Å². The molecule has 0 bridgehead atoms. The molecule has 4 aromatic heterocycles. The fourth-order valence-corrected chi connectivity index (χ4v) is 7.93. The Kier molecular flexibility index (Phi) is 7.42. The van der Waals surface area contributed by atoms with E-state index in [1.54, 1.807) is 6.20 Å². The molecule has 5 nitrogen and oxygen atoms in total. The van der Waals surface area contributed by atoms with E-state index in [9.17, 15) is 0 Å². The van der Waals surface area contributed by atoms with Crippen LogP contribution in [-0.4, -0.2) is 15.0 Å². The first-order valence-corrected chi connectivity index (χ1v) is 18.7. The van der Waals surface area contributed by atoms with Gasteiger partial charge in [-0.05, 0) is 64.7 Å². The van der Waals surface area contributed by atoms with Crippen molar-refractivity contribution < 1.29 is 8.83 Å². The molecule has 0 radical (unpaired) electrons. The molecule has 7 aromatic carbocycles. The first-order valence-electron chi connectivity index (χ1n) is 18.7. The molecule has 0 spiro atoms. The summed E-state index contributed by atoms with van der Waals surface area (Å²) in [6.45, 7) is 0. The van der Waals surface area contributed by atoms with E-state index in [2.05, 4.69) is 120 Å². The van der Waals surface area contributed by atoms with Crippen LogP contribution in [0, 0.1) is 0 Å². The van der Waals surface area contributed by atoms with E-state index in [1.807, 2.05) is 66.9 Å². The molecule has 0 aliphatic carbocycles. The molecule has 0 atom stereocenters. The van der Waals surface area contributed by atoms with Crippen molar-refractivity contribution in [3.63, 3.8) is 0 Å². The highest BCUT2D eigenvalue weighted by Crippen LogP contribution is 2.43. The second kappa shape index (κ2) is 13.0. The zero-order chi connectivity index (χ0) is 37.0. The maximum absolute atomic E-state index is 6.69. The van der Waals surface area contributed by atoms with Crippen LogP contribution in [0.5, 0.6) is 0 Å². The third kappa shape index (κ3) is 5.37.